The molecule has 0 amide bonds. The summed E-state index contributed by atoms with van der Waals surface area (Å²) in [5.74, 6) is 1.54. The molecule has 9 rings (SSSR count). The monoisotopic (exact) mass is 554 g/mol. The molecular formula is C38H22N2O3. The number of aromatic nitrogens is 1. The first-order valence-corrected chi connectivity index (χ1v) is 14.1. The van der Waals surface area contributed by atoms with Crippen LogP contribution in [0, 0.1) is 11.3 Å². The van der Waals surface area contributed by atoms with Crippen molar-refractivity contribution in [1.82, 2.24) is 4.57 Å². The van der Waals surface area contributed by atoms with Gasteiger partial charge in [0.1, 0.15) is 22.7 Å². The minimum atomic E-state index is 0.137. The lowest BCUT2D eigenvalue weighted by atomic mass is 9.96. The Bertz CT molecular complexity index is 2460. The number of fused-ring (bicyclic) bond motifs is 9. The molecular weight excluding hydrogens is 532 g/mol. The number of benzene rings is 6. The summed E-state index contributed by atoms with van der Waals surface area (Å²) in [4.78, 5) is 0. The Morgan fingerprint density at radius 1 is 0.558 bits per heavy atom. The van der Waals surface area contributed by atoms with E-state index in [0.29, 0.717) is 5.56 Å². The van der Waals surface area contributed by atoms with Gasteiger partial charge < -0.3 is 18.5 Å². The summed E-state index contributed by atoms with van der Waals surface area (Å²) in [5, 5.41) is 13.9. The van der Waals surface area contributed by atoms with Crippen LogP contribution in [0.3, 0.4) is 0 Å². The summed E-state index contributed by atoms with van der Waals surface area (Å²) in [6.45, 7) is 0.137. The summed E-state index contributed by atoms with van der Waals surface area (Å²) >= 11 is 0. The highest BCUT2D eigenvalue weighted by Gasteiger charge is 2.20. The molecule has 2 aromatic heterocycles. The number of rotatable bonds is 2. The predicted molar refractivity (Wildman–Crippen MR) is 170 cm³/mol. The van der Waals surface area contributed by atoms with Gasteiger partial charge in [0.25, 0.3) is 0 Å². The SMILES string of the molecule is N#Cc1ccc2c(c1)c1ccccc1n2-c1ccc2c(c1)-c1cc(-c3ccc4oc5ccccc5c4c3)ccc1OCO2. The van der Waals surface area contributed by atoms with Crippen molar-refractivity contribution in [2.45, 2.75) is 0 Å². The van der Waals surface area contributed by atoms with Crippen LogP contribution >= 0.6 is 0 Å². The Morgan fingerprint density at radius 3 is 2.14 bits per heavy atom. The van der Waals surface area contributed by atoms with Crippen LogP contribution < -0.4 is 9.47 Å². The Labute approximate surface area is 246 Å². The van der Waals surface area contributed by atoms with Gasteiger partial charge in [-0.05, 0) is 83.9 Å². The van der Waals surface area contributed by atoms with Crippen LogP contribution in [0.15, 0.2) is 126 Å². The molecule has 0 bridgehead atoms. The van der Waals surface area contributed by atoms with Gasteiger partial charge in [0.05, 0.1) is 22.7 Å². The van der Waals surface area contributed by atoms with E-state index in [1.807, 2.05) is 66.7 Å². The summed E-state index contributed by atoms with van der Waals surface area (Å²) in [7, 11) is 0. The van der Waals surface area contributed by atoms with Gasteiger partial charge in [0.15, 0.2) is 0 Å². The highest BCUT2D eigenvalue weighted by atomic mass is 16.7. The van der Waals surface area contributed by atoms with Gasteiger partial charge in [-0.1, -0.05) is 48.5 Å². The van der Waals surface area contributed by atoms with Crippen LogP contribution in [-0.4, -0.2) is 11.4 Å². The smallest absolute Gasteiger partial charge is 0.230 e. The molecule has 0 N–H and O–H groups in total. The van der Waals surface area contributed by atoms with E-state index >= 15 is 0 Å². The van der Waals surface area contributed by atoms with Gasteiger partial charge in [-0.25, -0.2) is 0 Å². The van der Waals surface area contributed by atoms with Crippen molar-refractivity contribution in [2.24, 2.45) is 0 Å². The number of hydrogen-bond acceptors (Lipinski definition) is 4. The molecule has 0 saturated carbocycles. The lowest BCUT2D eigenvalue weighted by molar-refractivity contribution is 0.125. The lowest BCUT2D eigenvalue weighted by Gasteiger charge is -2.14. The molecule has 5 heteroatoms. The van der Waals surface area contributed by atoms with Crippen molar-refractivity contribution in [2.75, 3.05) is 6.79 Å². The first-order valence-electron chi connectivity index (χ1n) is 14.1. The second kappa shape index (κ2) is 9.01. The number of furan rings is 1. The molecule has 0 saturated heterocycles. The largest absolute Gasteiger partial charge is 0.457 e. The van der Waals surface area contributed by atoms with Gasteiger partial charge in [-0.2, -0.15) is 5.26 Å². The third-order valence-corrected chi connectivity index (χ3v) is 8.43. The second-order valence-electron chi connectivity index (χ2n) is 10.8. The van der Waals surface area contributed by atoms with Gasteiger partial charge in [0, 0.05) is 38.4 Å². The zero-order valence-corrected chi connectivity index (χ0v) is 22.9. The molecule has 1 aliphatic rings. The Balaban J connectivity index is 1.23. The summed E-state index contributed by atoms with van der Waals surface area (Å²) in [5.41, 5.74) is 9.63. The minimum Gasteiger partial charge on any atom is -0.457 e. The van der Waals surface area contributed by atoms with E-state index in [0.717, 1.165) is 83.2 Å². The van der Waals surface area contributed by atoms with E-state index in [1.54, 1.807) is 0 Å². The average molecular weight is 555 g/mol. The highest BCUT2D eigenvalue weighted by Crippen LogP contribution is 2.44. The summed E-state index contributed by atoms with van der Waals surface area (Å²) < 4.78 is 20.4. The van der Waals surface area contributed by atoms with Crippen LogP contribution in [0.5, 0.6) is 11.5 Å². The maximum Gasteiger partial charge on any atom is 0.230 e. The zero-order valence-electron chi connectivity index (χ0n) is 22.9. The molecule has 0 aliphatic carbocycles. The third-order valence-electron chi connectivity index (χ3n) is 8.43. The second-order valence-corrected chi connectivity index (χ2v) is 10.8. The first kappa shape index (κ1) is 23.7. The molecule has 202 valence electrons. The maximum atomic E-state index is 9.55. The molecule has 3 heterocycles. The van der Waals surface area contributed by atoms with Crippen LogP contribution in [0.1, 0.15) is 5.56 Å². The quantitative estimate of drug-likeness (QED) is 0.213. The molecule has 0 unspecified atom stereocenters. The molecule has 0 radical (unpaired) electrons. The molecule has 1 aliphatic heterocycles. The Kier molecular flexibility index (Phi) is 4.96. The molecule has 5 nitrogen and oxygen atoms in total. The Hall–Kier alpha value is -5.99. The standard InChI is InChI=1S/C38H22N2O3/c39-21-23-9-13-34-29(17-23)27-5-1-3-7-33(27)40(34)26-12-16-36-32(20-26)31-19-24(10-14-35(31)41-22-42-36)25-11-15-38-30(18-25)28-6-2-4-8-37(28)43-38/h1-20H,22H2. The fourth-order valence-corrected chi connectivity index (χ4v) is 6.42. The van der Waals surface area contributed by atoms with E-state index in [2.05, 4.69) is 65.2 Å². The van der Waals surface area contributed by atoms with Crippen molar-refractivity contribution in [3.05, 3.63) is 127 Å². The number of nitriles is 1. The number of ether oxygens (including phenoxy) is 2. The van der Waals surface area contributed by atoms with Crippen LogP contribution in [0.25, 0.3) is 71.7 Å². The number of nitrogens with zero attached hydrogens (tertiary/aromatic N) is 2. The predicted octanol–water partition coefficient (Wildman–Crippen LogP) is 9.62. The highest BCUT2D eigenvalue weighted by molar-refractivity contribution is 6.10. The van der Waals surface area contributed by atoms with E-state index in [1.165, 1.54) is 0 Å². The third kappa shape index (κ3) is 3.57. The number of hydrogen-bond donors (Lipinski definition) is 0. The fraction of sp³-hybridized carbons (Fsp3) is 0.0263. The van der Waals surface area contributed by atoms with E-state index in [-0.39, 0.29) is 6.79 Å². The van der Waals surface area contributed by atoms with Crippen LogP contribution in [0.2, 0.25) is 0 Å². The van der Waals surface area contributed by atoms with Crippen molar-refractivity contribution >= 4 is 43.7 Å². The lowest BCUT2D eigenvalue weighted by Crippen LogP contribution is -2.03. The van der Waals surface area contributed by atoms with E-state index < -0.39 is 0 Å². The van der Waals surface area contributed by atoms with E-state index in [9.17, 15) is 5.26 Å². The van der Waals surface area contributed by atoms with Gasteiger partial charge >= 0.3 is 0 Å². The van der Waals surface area contributed by atoms with Crippen molar-refractivity contribution in [3.8, 4) is 45.5 Å². The fourth-order valence-electron chi connectivity index (χ4n) is 6.42. The topological polar surface area (TPSA) is 60.3 Å². The summed E-state index contributed by atoms with van der Waals surface area (Å²) in [6, 6.07) is 43.5. The molecule has 43 heavy (non-hydrogen) atoms. The molecule has 6 aromatic carbocycles. The maximum absolute atomic E-state index is 9.55. The van der Waals surface area contributed by atoms with Crippen LogP contribution in [-0.2, 0) is 0 Å². The minimum absolute atomic E-state index is 0.137. The Morgan fingerprint density at radius 2 is 1.26 bits per heavy atom. The zero-order chi connectivity index (χ0) is 28.5. The van der Waals surface area contributed by atoms with Gasteiger partial charge in [0.2, 0.25) is 6.79 Å². The van der Waals surface area contributed by atoms with Crippen molar-refractivity contribution in [1.29, 1.82) is 5.26 Å². The van der Waals surface area contributed by atoms with Crippen molar-refractivity contribution in [3.63, 3.8) is 0 Å². The van der Waals surface area contributed by atoms with Crippen molar-refractivity contribution < 1.29 is 13.9 Å². The van der Waals surface area contributed by atoms with Crippen LogP contribution in [0.4, 0.5) is 0 Å². The molecule has 0 atom stereocenters. The normalized spacial score (nSPS) is 12.4. The van der Waals surface area contributed by atoms with E-state index in [4.69, 9.17) is 13.9 Å². The average Bonchev–Trinajstić information content (AvgIpc) is 3.53. The molecule has 8 aromatic rings. The first-order chi connectivity index (χ1) is 21.2. The van der Waals surface area contributed by atoms with Gasteiger partial charge in [-0.15, -0.1) is 0 Å². The summed E-state index contributed by atoms with van der Waals surface area (Å²) in [6.07, 6.45) is 0. The number of para-hydroxylation sites is 2. The molecule has 0 fully saturated rings. The van der Waals surface area contributed by atoms with Gasteiger partial charge in [-0.3, -0.25) is 0 Å². The molecule has 0 spiro atoms.